The van der Waals surface area contributed by atoms with Gasteiger partial charge < -0.3 is 0 Å². The van der Waals surface area contributed by atoms with E-state index in [1.807, 2.05) is 5.80 Å². The van der Waals surface area contributed by atoms with Crippen LogP contribution in [0.1, 0.15) is 0 Å². The Balaban J connectivity index is 2.76. The van der Waals surface area contributed by atoms with Gasteiger partial charge in [-0.3, -0.25) is 4.94 Å². The number of rotatable bonds is 1. The molecule has 1 aromatic rings. The van der Waals surface area contributed by atoms with Crippen LogP contribution in [-0.2, 0) is 0 Å². The molecule has 0 aliphatic carbocycles. The fourth-order valence-electron chi connectivity index (χ4n) is 0.357. The molecule has 0 saturated heterocycles. The van der Waals surface area contributed by atoms with Crippen molar-refractivity contribution in [2.24, 2.45) is 0 Å². The molecule has 0 bridgehead atoms. The first-order valence-corrected chi connectivity index (χ1v) is 3.00. The van der Waals surface area contributed by atoms with Gasteiger partial charge in [0, 0.05) is 10.3 Å². The highest BCUT2D eigenvalue weighted by Crippen LogP contribution is 2.18. The Hall–Kier alpha value is -0.490. The summed E-state index contributed by atoms with van der Waals surface area (Å²) in [5.74, 6) is 3.88. The van der Waals surface area contributed by atoms with Crippen LogP contribution in [-0.4, -0.2) is 0 Å². The maximum atomic E-state index is 11.1. The van der Waals surface area contributed by atoms with Crippen molar-refractivity contribution >= 4 is 8.19 Å². The van der Waals surface area contributed by atoms with E-state index >= 15 is 0 Å². The van der Waals surface area contributed by atoms with E-state index in [4.69, 9.17) is 0 Å². The molecule has 1 nitrogen and oxygen atoms in total. The highest BCUT2D eigenvalue weighted by molar-refractivity contribution is 7.28. The van der Waals surface area contributed by atoms with Gasteiger partial charge in [-0.2, -0.15) is 0 Å². The van der Waals surface area contributed by atoms with Gasteiger partial charge in [0.1, 0.15) is 0 Å². The topological polar surface area (TPSA) is 9.23 Å². The van der Waals surface area contributed by atoms with Crippen molar-refractivity contribution in [3.05, 3.63) is 17.7 Å². The van der Waals surface area contributed by atoms with E-state index in [2.05, 4.69) is 4.94 Å². The molecule has 1 atom stereocenters. The molecule has 1 heterocycles. The van der Waals surface area contributed by atoms with Gasteiger partial charge >= 0.3 is 0 Å². The summed E-state index contributed by atoms with van der Waals surface area (Å²) in [6.45, 7) is 0. The van der Waals surface area contributed by atoms with Crippen LogP contribution < -0.4 is 4.94 Å². The van der Waals surface area contributed by atoms with Gasteiger partial charge in [0.15, 0.2) is 5.75 Å². The molecular formula is C4H4FOP. The Labute approximate surface area is 42.1 Å². The van der Waals surface area contributed by atoms with Gasteiger partial charge in [0.2, 0.25) is 0 Å². The van der Waals surface area contributed by atoms with Crippen molar-refractivity contribution in [1.29, 1.82) is 0 Å². The molecule has 0 radical (unpaired) electrons. The second kappa shape index (κ2) is 1.99. The Bertz CT molecular complexity index is 126. The van der Waals surface area contributed by atoms with E-state index in [-0.39, 0.29) is 0 Å². The molecule has 1 rings (SSSR count). The lowest BCUT2D eigenvalue weighted by Crippen LogP contribution is -1.65. The fourth-order valence-corrected chi connectivity index (χ4v) is 1.02. The largest absolute Gasteiger partial charge is 0.294 e. The summed E-state index contributed by atoms with van der Waals surface area (Å²) < 4.78 is 11.1. The second-order valence-electron chi connectivity index (χ2n) is 1.12. The van der Waals surface area contributed by atoms with Crippen LogP contribution in [0.15, 0.2) is 17.7 Å². The number of hydrogen-bond donors (Lipinski definition) is 0. The molecule has 0 aliphatic heterocycles. The van der Waals surface area contributed by atoms with Crippen LogP contribution in [0, 0.1) is 0 Å². The van der Waals surface area contributed by atoms with E-state index in [0.29, 0.717) is 13.9 Å². The minimum Gasteiger partial charge on any atom is -0.294 e. The first-order valence-electron chi connectivity index (χ1n) is 1.85. The predicted octanol–water partition coefficient (Wildman–Crippen LogP) is 1.98. The van der Waals surface area contributed by atoms with Crippen LogP contribution in [0.5, 0.6) is 5.75 Å². The lowest BCUT2D eigenvalue weighted by Gasteiger charge is -1.78. The molecule has 0 amide bonds. The van der Waals surface area contributed by atoms with E-state index in [1.165, 1.54) is 0 Å². The summed E-state index contributed by atoms with van der Waals surface area (Å²) in [6.07, 6.45) is 0. The number of hydrogen-bond acceptors (Lipinski definition) is 1. The molecule has 1 aromatic heterocycles. The third kappa shape index (κ3) is 0.937. The smallest absolute Gasteiger partial charge is 0.175 e. The third-order valence-corrected chi connectivity index (χ3v) is 1.47. The minimum atomic E-state index is 0.332. The molecule has 3 heteroatoms. The van der Waals surface area contributed by atoms with Gasteiger partial charge in [-0.05, 0) is 11.9 Å². The quantitative estimate of drug-likeness (QED) is 0.547. The zero-order valence-corrected chi connectivity index (χ0v) is 4.52. The highest BCUT2D eigenvalue weighted by atomic mass is 31.0. The third-order valence-electron chi connectivity index (χ3n) is 0.659. The normalized spacial score (nSPS) is 9.86. The molecular weight excluding hydrogens is 114 g/mol. The van der Waals surface area contributed by atoms with Crippen LogP contribution >= 0.6 is 8.19 Å². The lowest BCUT2D eigenvalue weighted by molar-refractivity contribution is -0.00563. The van der Waals surface area contributed by atoms with Gasteiger partial charge in [0.05, 0.1) is 0 Å². The summed E-state index contributed by atoms with van der Waals surface area (Å²) in [7, 11) is 0.588. The Morgan fingerprint density at radius 3 is 2.86 bits per heavy atom. The molecule has 0 fully saturated rings. The van der Waals surface area contributed by atoms with Crippen molar-refractivity contribution in [2.75, 3.05) is 0 Å². The SMILES string of the molecule is FOc1cc[pH]c1. The van der Waals surface area contributed by atoms with Crippen molar-refractivity contribution < 1.29 is 9.47 Å². The maximum absolute atomic E-state index is 11.1. The highest BCUT2D eigenvalue weighted by Gasteiger charge is 1.86. The van der Waals surface area contributed by atoms with Crippen LogP contribution in [0.2, 0.25) is 0 Å². The Kier molecular flexibility index (Phi) is 1.32. The Morgan fingerprint density at radius 1 is 1.71 bits per heavy atom. The van der Waals surface area contributed by atoms with E-state index < -0.39 is 0 Å². The summed E-state index contributed by atoms with van der Waals surface area (Å²) in [4.78, 5) is 3.39. The lowest BCUT2D eigenvalue weighted by atomic mass is 10.6. The fraction of sp³-hybridized carbons (Fsp3) is 0. The second-order valence-corrected chi connectivity index (χ2v) is 2.08. The van der Waals surface area contributed by atoms with E-state index in [9.17, 15) is 4.53 Å². The zero-order valence-electron chi connectivity index (χ0n) is 3.52. The summed E-state index contributed by atoms with van der Waals surface area (Å²) in [6, 6.07) is 1.61. The molecule has 0 saturated carbocycles. The van der Waals surface area contributed by atoms with Crippen LogP contribution in [0.4, 0.5) is 4.53 Å². The predicted molar refractivity (Wildman–Crippen MR) is 27.7 cm³/mol. The summed E-state index contributed by atoms with van der Waals surface area (Å²) in [5.41, 5.74) is 0. The van der Waals surface area contributed by atoms with Gasteiger partial charge in [-0.1, -0.05) is 0 Å². The van der Waals surface area contributed by atoms with Crippen LogP contribution in [0.25, 0.3) is 0 Å². The first kappa shape index (κ1) is 4.66. The van der Waals surface area contributed by atoms with Crippen molar-refractivity contribution in [3.8, 4) is 5.75 Å². The van der Waals surface area contributed by atoms with E-state index in [1.54, 1.807) is 11.9 Å². The Morgan fingerprint density at radius 2 is 2.57 bits per heavy atom. The minimum absolute atomic E-state index is 0.332. The molecule has 7 heavy (non-hydrogen) atoms. The zero-order chi connectivity index (χ0) is 5.11. The van der Waals surface area contributed by atoms with Crippen molar-refractivity contribution in [3.63, 3.8) is 0 Å². The van der Waals surface area contributed by atoms with Crippen LogP contribution in [0.3, 0.4) is 0 Å². The standard InChI is InChI=1S/C4H4FOP/c5-6-4-1-2-7-3-4/h1-3,7H. The first-order chi connectivity index (χ1) is 3.43. The van der Waals surface area contributed by atoms with Gasteiger partial charge in [-0.25, -0.2) is 0 Å². The average molecular weight is 118 g/mol. The summed E-state index contributed by atoms with van der Waals surface area (Å²) >= 11 is 0. The molecule has 38 valence electrons. The molecule has 0 N–H and O–H groups in total. The van der Waals surface area contributed by atoms with E-state index in [0.717, 1.165) is 0 Å². The summed E-state index contributed by atoms with van der Waals surface area (Å²) in [5, 5.41) is 0. The van der Waals surface area contributed by atoms with Crippen molar-refractivity contribution in [2.45, 2.75) is 0 Å². The molecule has 1 unspecified atom stereocenters. The molecule has 0 aliphatic rings. The monoisotopic (exact) mass is 118 g/mol. The maximum Gasteiger partial charge on any atom is 0.175 e. The molecule has 0 aromatic carbocycles. The average Bonchev–Trinajstić information content (AvgIpc) is 2.14. The van der Waals surface area contributed by atoms with Gasteiger partial charge in [0.25, 0.3) is 0 Å². The van der Waals surface area contributed by atoms with Crippen molar-refractivity contribution in [1.82, 2.24) is 0 Å². The number of halogens is 1. The van der Waals surface area contributed by atoms with Gasteiger partial charge in [-0.15, -0.1) is 8.19 Å². The molecule has 0 spiro atoms.